The van der Waals surface area contributed by atoms with Gasteiger partial charge in [-0.3, -0.25) is 0 Å². The van der Waals surface area contributed by atoms with Gasteiger partial charge in [-0.1, -0.05) is 27.7 Å². The van der Waals surface area contributed by atoms with Crippen LogP contribution in [0.15, 0.2) is 0 Å². The first-order valence-electron chi connectivity index (χ1n) is 6.90. The monoisotopic (exact) mass is 224 g/mol. The second-order valence-corrected chi connectivity index (χ2v) is 6.81. The molecule has 2 N–H and O–H groups in total. The zero-order valence-electron chi connectivity index (χ0n) is 11.4. The van der Waals surface area contributed by atoms with Crippen LogP contribution in [0.4, 0.5) is 0 Å². The first-order chi connectivity index (χ1) is 7.46. The average Bonchev–Trinajstić information content (AvgIpc) is 2.62. The van der Waals surface area contributed by atoms with E-state index in [1.54, 1.807) is 0 Å². The third-order valence-corrected chi connectivity index (χ3v) is 5.38. The highest BCUT2D eigenvalue weighted by molar-refractivity contribution is 5.17. The van der Waals surface area contributed by atoms with E-state index in [9.17, 15) is 0 Å². The van der Waals surface area contributed by atoms with Gasteiger partial charge in [0.05, 0.1) is 0 Å². The maximum Gasteiger partial charge on any atom is 0.0181 e. The van der Waals surface area contributed by atoms with Crippen molar-refractivity contribution in [2.75, 3.05) is 19.6 Å². The van der Waals surface area contributed by atoms with Crippen molar-refractivity contribution < 1.29 is 0 Å². The van der Waals surface area contributed by atoms with E-state index in [1.807, 2.05) is 0 Å². The van der Waals surface area contributed by atoms with Gasteiger partial charge in [-0.2, -0.15) is 0 Å². The molecule has 2 aliphatic rings. The molecule has 1 saturated carbocycles. The van der Waals surface area contributed by atoms with Crippen LogP contribution < -0.4 is 10.6 Å². The van der Waals surface area contributed by atoms with Gasteiger partial charge in [-0.25, -0.2) is 0 Å². The van der Waals surface area contributed by atoms with Gasteiger partial charge in [0, 0.05) is 6.04 Å². The lowest BCUT2D eigenvalue weighted by molar-refractivity contribution is 0.344. The third-order valence-electron chi connectivity index (χ3n) is 5.38. The smallest absolute Gasteiger partial charge is 0.0181 e. The molecule has 0 aromatic heterocycles. The molecule has 2 nitrogen and oxygen atoms in total. The van der Waals surface area contributed by atoms with Crippen LogP contribution >= 0.6 is 0 Å². The zero-order chi connectivity index (χ0) is 11.8. The molecule has 1 aliphatic carbocycles. The van der Waals surface area contributed by atoms with Crippen LogP contribution in [0.2, 0.25) is 0 Å². The molecule has 2 fully saturated rings. The molecule has 0 bridgehead atoms. The van der Waals surface area contributed by atoms with E-state index in [0.29, 0.717) is 10.8 Å². The Morgan fingerprint density at radius 1 is 1.06 bits per heavy atom. The molecular formula is C14H28N2. The fraction of sp³-hybridized carbons (Fsp3) is 1.00. The number of hydrogen-bond acceptors (Lipinski definition) is 2. The summed E-state index contributed by atoms with van der Waals surface area (Å²) in [4.78, 5) is 0. The van der Waals surface area contributed by atoms with Crippen molar-refractivity contribution in [3.8, 4) is 0 Å². The number of piperidine rings is 1. The van der Waals surface area contributed by atoms with E-state index < -0.39 is 0 Å². The summed E-state index contributed by atoms with van der Waals surface area (Å²) < 4.78 is 0. The summed E-state index contributed by atoms with van der Waals surface area (Å²) in [6.07, 6.45) is 4.11. The molecule has 0 amide bonds. The highest BCUT2D eigenvalue weighted by atomic mass is 15.0. The molecule has 0 atom stereocenters. The maximum absolute atomic E-state index is 3.76. The first-order valence-corrected chi connectivity index (χ1v) is 6.90. The number of rotatable bonds is 4. The molecule has 1 heterocycles. The summed E-state index contributed by atoms with van der Waals surface area (Å²) in [5, 5.41) is 7.20. The van der Waals surface area contributed by atoms with Gasteiger partial charge in [0.2, 0.25) is 0 Å². The molecule has 1 aliphatic heterocycles. The van der Waals surface area contributed by atoms with Crippen molar-refractivity contribution in [2.24, 2.45) is 16.7 Å². The van der Waals surface area contributed by atoms with Crippen molar-refractivity contribution in [3.05, 3.63) is 0 Å². The predicted octanol–water partition coefficient (Wildman–Crippen LogP) is 2.40. The fourth-order valence-electron chi connectivity index (χ4n) is 3.31. The van der Waals surface area contributed by atoms with Crippen molar-refractivity contribution in [1.29, 1.82) is 0 Å². The standard InChI is InChI=1S/C14H28N2/c1-13(2)12(14(13,3)4)16-10-7-11-5-8-15-9-6-11/h11-12,15-16H,5-10H2,1-4H3. The second kappa shape index (κ2) is 4.30. The van der Waals surface area contributed by atoms with Gasteiger partial charge in [-0.05, 0) is 55.6 Å². The van der Waals surface area contributed by atoms with E-state index in [-0.39, 0.29) is 0 Å². The van der Waals surface area contributed by atoms with Gasteiger partial charge in [0.25, 0.3) is 0 Å². The van der Waals surface area contributed by atoms with Gasteiger partial charge >= 0.3 is 0 Å². The van der Waals surface area contributed by atoms with Gasteiger partial charge in [0.15, 0.2) is 0 Å². The van der Waals surface area contributed by atoms with Gasteiger partial charge < -0.3 is 10.6 Å². The zero-order valence-corrected chi connectivity index (χ0v) is 11.4. The van der Waals surface area contributed by atoms with Crippen LogP contribution in [0.1, 0.15) is 47.0 Å². The average molecular weight is 224 g/mol. The Morgan fingerprint density at radius 2 is 1.62 bits per heavy atom. The van der Waals surface area contributed by atoms with E-state index in [1.165, 1.54) is 38.9 Å². The van der Waals surface area contributed by atoms with E-state index >= 15 is 0 Å². The highest BCUT2D eigenvalue weighted by Crippen LogP contribution is 2.62. The van der Waals surface area contributed by atoms with Crippen molar-refractivity contribution in [3.63, 3.8) is 0 Å². The number of nitrogens with one attached hydrogen (secondary N) is 2. The van der Waals surface area contributed by atoms with E-state index in [4.69, 9.17) is 0 Å². The lowest BCUT2D eigenvalue weighted by Crippen LogP contribution is -2.31. The molecule has 2 rings (SSSR count). The maximum atomic E-state index is 3.76. The molecule has 16 heavy (non-hydrogen) atoms. The lowest BCUT2D eigenvalue weighted by Gasteiger charge is -2.22. The summed E-state index contributed by atoms with van der Waals surface area (Å²) in [7, 11) is 0. The first kappa shape index (κ1) is 12.4. The summed E-state index contributed by atoms with van der Waals surface area (Å²) in [5.41, 5.74) is 0.974. The van der Waals surface area contributed by atoms with Crippen LogP contribution in [-0.2, 0) is 0 Å². The summed E-state index contributed by atoms with van der Waals surface area (Å²) in [5.74, 6) is 0.957. The molecule has 0 spiro atoms. The van der Waals surface area contributed by atoms with E-state index in [0.717, 1.165) is 12.0 Å². The van der Waals surface area contributed by atoms with Crippen molar-refractivity contribution in [1.82, 2.24) is 10.6 Å². The van der Waals surface area contributed by atoms with Crippen LogP contribution in [0.3, 0.4) is 0 Å². The topological polar surface area (TPSA) is 24.1 Å². The predicted molar refractivity (Wildman–Crippen MR) is 69.6 cm³/mol. The molecule has 94 valence electrons. The minimum absolute atomic E-state index is 0.487. The largest absolute Gasteiger partial charge is 0.317 e. The number of hydrogen-bond donors (Lipinski definition) is 2. The van der Waals surface area contributed by atoms with Crippen LogP contribution in [0.5, 0.6) is 0 Å². The minimum Gasteiger partial charge on any atom is -0.317 e. The Kier molecular flexibility index (Phi) is 3.33. The Labute approximate surface area is 101 Å². The molecule has 0 aromatic carbocycles. The Bertz CT molecular complexity index is 225. The van der Waals surface area contributed by atoms with Crippen LogP contribution in [0.25, 0.3) is 0 Å². The highest BCUT2D eigenvalue weighted by Gasteiger charge is 2.64. The Hall–Kier alpha value is -0.0800. The fourth-order valence-corrected chi connectivity index (χ4v) is 3.31. The summed E-state index contributed by atoms with van der Waals surface area (Å²) in [6.45, 7) is 13.2. The normalized spacial score (nSPS) is 29.2. The van der Waals surface area contributed by atoms with Gasteiger partial charge in [-0.15, -0.1) is 0 Å². The van der Waals surface area contributed by atoms with Gasteiger partial charge in [0.1, 0.15) is 0 Å². The second-order valence-electron chi connectivity index (χ2n) is 6.81. The quantitative estimate of drug-likeness (QED) is 0.766. The molecule has 0 aromatic rings. The SMILES string of the molecule is CC1(C)C(NCCC2CCNCC2)C1(C)C. The van der Waals surface area contributed by atoms with Crippen LogP contribution in [0, 0.1) is 16.7 Å². The van der Waals surface area contributed by atoms with Crippen molar-refractivity contribution in [2.45, 2.75) is 53.0 Å². The third kappa shape index (κ3) is 2.14. The molecule has 1 saturated heterocycles. The molecule has 2 heteroatoms. The summed E-state index contributed by atoms with van der Waals surface area (Å²) >= 11 is 0. The van der Waals surface area contributed by atoms with Crippen molar-refractivity contribution >= 4 is 0 Å². The minimum atomic E-state index is 0.487. The molecule has 0 unspecified atom stereocenters. The lowest BCUT2D eigenvalue weighted by atomic mass is 9.95. The Balaban J connectivity index is 1.66. The Morgan fingerprint density at radius 3 is 2.12 bits per heavy atom. The molecule has 0 radical (unpaired) electrons. The van der Waals surface area contributed by atoms with E-state index in [2.05, 4.69) is 38.3 Å². The van der Waals surface area contributed by atoms with Crippen LogP contribution in [-0.4, -0.2) is 25.7 Å². The molecular weight excluding hydrogens is 196 g/mol. The summed E-state index contributed by atoms with van der Waals surface area (Å²) in [6, 6.07) is 0.724.